The average Bonchev–Trinajstić information content (AvgIpc) is 3.16. The van der Waals surface area contributed by atoms with E-state index in [9.17, 15) is 19.2 Å². The highest BCUT2D eigenvalue weighted by Crippen LogP contribution is 2.33. The fourth-order valence-electron chi connectivity index (χ4n) is 3.10. The van der Waals surface area contributed by atoms with Crippen LogP contribution in [-0.2, 0) is 23.9 Å². The Hall–Kier alpha value is -1.97. The van der Waals surface area contributed by atoms with Gasteiger partial charge in [-0.15, -0.1) is 0 Å². The second-order valence-corrected chi connectivity index (χ2v) is 7.54. The maximum absolute atomic E-state index is 12.3. The van der Waals surface area contributed by atoms with Crippen LogP contribution in [0.4, 0.5) is 4.79 Å². The van der Waals surface area contributed by atoms with Crippen molar-refractivity contribution in [2.24, 2.45) is 0 Å². The monoisotopic (exact) mass is 387 g/mol. The highest BCUT2D eigenvalue weighted by molar-refractivity contribution is 8.00. The van der Waals surface area contributed by atoms with E-state index in [-0.39, 0.29) is 43.5 Å². The molecule has 9 nitrogen and oxygen atoms in total. The van der Waals surface area contributed by atoms with Crippen LogP contribution in [0.25, 0.3) is 0 Å². The number of amides is 3. The van der Waals surface area contributed by atoms with Crippen molar-refractivity contribution >= 4 is 35.6 Å². The van der Waals surface area contributed by atoms with Crippen LogP contribution in [-0.4, -0.2) is 79.2 Å². The summed E-state index contributed by atoms with van der Waals surface area (Å²) < 4.78 is 9.12. The first-order valence-electron chi connectivity index (χ1n) is 8.54. The number of nitrogens with zero attached hydrogens (tertiary/aromatic N) is 1. The van der Waals surface area contributed by atoms with Crippen LogP contribution in [0.15, 0.2) is 0 Å². The molecule has 0 aromatic heterocycles. The predicted molar refractivity (Wildman–Crippen MR) is 94.6 cm³/mol. The second-order valence-electron chi connectivity index (χ2n) is 6.27. The van der Waals surface area contributed by atoms with Crippen molar-refractivity contribution in [1.82, 2.24) is 15.5 Å². The molecule has 3 atom stereocenters. The van der Waals surface area contributed by atoms with Crippen molar-refractivity contribution in [3.63, 3.8) is 0 Å². The second kappa shape index (κ2) is 9.65. The topological polar surface area (TPSA) is 114 Å². The van der Waals surface area contributed by atoms with Crippen molar-refractivity contribution in [3.05, 3.63) is 0 Å². The number of urea groups is 1. The third-order valence-electron chi connectivity index (χ3n) is 4.52. The van der Waals surface area contributed by atoms with Gasteiger partial charge in [0.05, 0.1) is 26.3 Å². The molecule has 2 aliphatic heterocycles. The van der Waals surface area contributed by atoms with Crippen LogP contribution < -0.4 is 10.6 Å². The van der Waals surface area contributed by atoms with Gasteiger partial charge in [0, 0.05) is 17.4 Å². The largest absolute Gasteiger partial charge is 0.468 e. The Kier molecular flexibility index (Phi) is 7.55. The van der Waals surface area contributed by atoms with E-state index in [2.05, 4.69) is 20.1 Å². The molecule has 0 aromatic rings. The van der Waals surface area contributed by atoms with Crippen molar-refractivity contribution in [1.29, 1.82) is 0 Å². The summed E-state index contributed by atoms with van der Waals surface area (Å²) in [7, 11) is 2.46. The Bertz CT molecular complexity index is 540. The molecule has 0 saturated carbocycles. The first-order valence-corrected chi connectivity index (χ1v) is 9.59. The van der Waals surface area contributed by atoms with Crippen LogP contribution in [0.1, 0.15) is 25.7 Å². The number of carbonyl (C=O) groups excluding carboxylic acids is 4. The molecule has 0 radical (unpaired) electrons. The summed E-state index contributed by atoms with van der Waals surface area (Å²) in [4.78, 5) is 47.7. The zero-order valence-electron chi connectivity index (χ0n) is 15.0. The van der Waals surface area contributed by atoms with Gasteiger partial charge in [-0.25, -0.2) is 4.79 Å². The van der Waals surface area contributed by atoms with Crippen molar-refractivity contribution < 1.29 is 28.7 Å². The standard InChI is InChI=1S/C16H25N3O6S/c1-24-13(21)7-19(8-14(22)25-2)12(20)6-4-3-5-11-15-10(9-26-11)17-16(23)18-15/h10-11,15H,3-9H2,1-2H3,(H2,17,18,23)/t10-,11-,15-/m0/s1. The van der Waals surface area contributed by atoms with E-state index in [1.54, 1.807) is 0 Å². The van der Waals surface area contributed by atoms with Gasteiger partial charge in [0.15, 0.2) is 0 Å². The number of fused-ring (bicyclic) bond motifs is 1. The number of ether oxygens (including phenoxy) is 2. The third kappa shape index (κ3) is 5.52. The van der Waals surface area contributed by atoms with Gasteiger partial charge in [0.25, 0.3) is 0 Å². The molecule has 26 heavy (non-hydrogen) atoms. The van der Waals surface area contributed by atoms with E-state index in [0.717, 1.165) is 23.5 Å². The molecule has 0 unspecified atom stereocenters. The Labute approximate surface area is 156 Å². The van der Waals surface area contributed by atoms with Gasteiger partial charge < -0.3 is 25.0 Å². The summed E-state index contributed by atoms with van der Waals surface area (Å²) in [6.45, 7) is -0.547. The minimum Gasteiger partial charge on any atom is -0.468 e. The summed E-state index contributed by atoms with van der Waals surface area (Å²) in [5.74, 6) is -0.548. The Morgan fingerprint density at radius 3 is 2.38 bits per heavy atom. The number of unbranched alkanes of at least 4 members (excludes halogenated alkanes) is 1. The third-order valence-corrected chi connectivity index (χ3v) is 6.02. The zero-order chi connectivity index (χ0) is 19.1. The maximum atomic E-state index is 12.3. The summed E-state index contributed by atoms with van der Waals surface area (Å²) in [6.07, 6.45) is 2.61. The number of carbonyl (C=O) groups is 4. The molecule has 10 heteroatoms. The Morgan fingerprint density at radius 1 is 1.12 bits per heavy atom. The number of esters is 2. The van der Waals surface area contributed by atoms with Gasteiger partial charge in [0.2, 0.25) is 5.91 Å². The van der Waals surface area contributed by atoms with Crippen LogP contribution in [0.3, 0.4) is 0 Å². The summed E-state index contributed by atoms with van der Waals surface area (Å²) >= 11 is 1.83. The first kappa shape index (κ1) is 20.3. The van der Waals surface area contributed by atoms with Gasteiger partial charge in [-0.1, -0.05) is 6.42 Å². The fraction of sp³-hybridized carbons (Fsp3) is 0.750. The molecule has 2 rings (SSSR count). The number of nitrogens with one attached hydrogen (secondary N) is 2. The first-order chi connectivity index (χ1) is 12.4. The lowest BCUT2D eigenvalue weighted by molar-refractivity contribution is -0.152. The van der Waals surface area contributed by atoms with Crippen LogP contribution in [0.5, 0.6) is 0 Å². The molecule has 2 fully saturated rings. The number of methoxy groups -OCH3 is 2. The van der Waals surface area contributed by atoms with Crippen LogP contribution in [0.2, 0.25) is 0 Å². The van der Waals surface area contributed by atoms with Crippen molar-refractivity contribution in [2.45, 2.75) is 43.0 Å². The van der Waals surface area contributed by atoms with E-state index in [1.807, 2.05) is 11.8 Å². The lowest BCUT2D eigenvalue weighted by Gasteiger charge is -2.20. The molecule has 2 N–H and O–H groups in total. The van der Waals surface area contributed by atoms with Gasteiger partial charge in [0.1, 0.15) is 13.1 Å². The van der Waals surface area contributed by atoms with E-state index in [4.69, 9.17) is 0 Å². The summed E-state index contributed by atoms with van der Waals surface area (Å²) in [5.41, 5.74) is 0. The lowest BCUT2D eigenvalue weighted by Crippen LogP contribution is -2.40. The predicted octanol–water partition coefficient (Wildman–Crippen LogP) is -0.113. The number of hydrogen-bond donors (Lipinski definition) is 2. The van der Waals surface area contributed by atoms with Gasteiger partial charge in [-0.2, -0.15) is 11.8 Å². The molecule has 2 saturated heterocycles. The van der Waals surface area contributed by atoms with Crippen LogP contribution in [0, 0.1) is 0 Å². The summed E-state index contributed by atoms with van der Waals surface area (Å²) in [5, 5.41) is 6.18. The van der Waals surface area contributed by atoms with Gasteiger partial charge >= 0.3 is 18.0 Å². The molecule has 3 amide bonds. The van der Waals surface area contributed by atoms with E-state index >= 15 is 0 Å². The lowest BCUT2D eigenvalue weighted by atomic mass is 10.0. The van der Waals surface area contributed by atoms with Crippen molar-refractivity contribution in [2.75, 3.05) is 33.1 Å². The van der Waals surface area contributed by atoms with Crippen LogP contribution >= 0.6 is 11.8 Å². The molecular weight excluding hydrogens is 362 g/mol. The van der Waals surface area contributed by atoms with Gasteiger partial charge in [-0.3, -0.25) is 14.4 Å². The molecule has 0 bridgehead atoms. The van der Waals surface area contributed by atoms with E-state index < -0.39 is 11.9 Å². The van der Waals surface area contributed by atoms with E-state index in [1.165, 1.54) is 14.2 Å². The number of thioether (sulfide) groups is 1. The SMILES string of the molecule is COC(=O)CN(CC(=O)OC)C(=O)CCCC[C@@H]1SC[C@@H]2NC(=O)N[C@@H]21. The normalized spacial score (nSPS) is 23.6. The number of hydrogen-bond acceptors (Lipinski definition) is 7. The molecule has 0 spiro atoms. The molecular formula is C16H25N3O6S. The highest BCUT2D eigenvalue weighted by atomic mass is 32.2. The van der Waals surface area contributed by atoms with Gasteiger partial charge in [-0.05, 0) is 12.8 Å². The minimum atomic E-state index is -0.583. The maximum Gasteiger partial charge on any atom is 0.325 e. The zero-order valence-corrected chi connectivity index (χ0v) is 15.8. The Morgan fingerprint density at radius 2 is 1.77 bits per heavy atom. The molecule has 146 valence electrons. The highest BCUT2D eigenvalue weighted by Gasteiger charge is 2.42. The molecule has 0 aliphatic carbocycles. The molecule has 2 heterocycles. The average molecular weight is 387 g/mol. The fourth-order valence-corrected chi connectivity index (χ4v) is 4.64. The smallest absolute Gasteiger partial charge is 0.325 e. The van der Waals surface area contributed by atoms with Crippen molar-refractivity contribution in [3.8, 4) is 0 Å². The minimum absolute atomic E-state index is 0.109. The number of rotatable bonds is 9. The summed E-state index contributed by atoms with van der Waals surface area (Å²) in [6, 6.07) is 0.231. The molecule has 2 aliphatic rings. The molecule has 0 aromatic carbocycles. The Balaban J connectivity index is 1.73. The van der Waals surface area contributed by atoms with E-state index in [0.29, 0.717) is 11.7 Å². The quantitative estimate of drug-likeness (QED) is 0.322.